The lowest BCUT2D eigenvalue weighted by molar-refractivity contribution is 0.198. The third kappa shape index (κ3) is 3.45. The third-order valence-electron chi connectivity index (χ3n) is 2.60. The van der Waals surface area contributed by atoms with Crippen LogP contribution in [0.15, 0.2) is 42.6 Å². The third-order valence-corrected chi connectivity index (χ3v) is 2.60. The highest BCUT2D eigenvalue weighted by molar-refractivity contribution is 5.42. The fraction of sp³-hybridized carbons (Fsp3) is 0.267. The Morgan fingerprint density at radius 1 is 1.21 bits per heavy atom. The minimum absolute atomic E-state index is 0.436. The quantitative estimate of drug-likeness (QED) is 0.894. The van der Waals surface area contributed by atoms with Crippen LogP contribution in [0.25, 0.3) is 0 Å². The van der Waals surface area contributed by atoms with E-state index in [-0.39, 0.29) is 0 Å². The largest absolute Gasteiger partial charge is 0.490 e. The maximum absolute atomic E-state index is 9.55. The van der Waals surface area contributed by atoms with Gasteiger partial charge in [-0.25, -0.2) is 4.98 Å². The van der Waals surface area contributed by atoms with Gasteiger partial charge in [-0.15, -0.1) is 0 Å². The summed E-state index contributed by atoms with van der Waals surface area (Å²) in [4.78, 5) is 4.13. The Morgan fingerprint density at radius 2 is 1.95 bits per heavy atom. The number of aliphatic hydroxyl groups excluding tert-OH is 1. The van der Waals surface area contributed by atoms with Crippen molar-refractivity contribution in [2.45, 2.75) is 20.0 Å². The summed E-state index contributed by atoms with van der Waals surface area (Å²) < 4.78 is 11.2. The topological polar surface area (TPSA) is 51.6 Å². The standard InChI is InChI=1S/C15H17NO3/c1-3-18-13-6-4-5-7-14(13)19-15-10-12(11(2)17)8-9-16-15/h4-11,17H,3H2,1-2H3/t11-/m0/s1. The molecule has 0 amide bonds. The summed E-state index contributed by atoms with van der Waals surface area (Å²) in [5.74, 6) is 1.72. The van der Waals surface area contributed by atoms with E-state index < -0.39 is 6.10 Å². The van der Waals surface area contributed by atoms with E-state index in [9.17, 15) is 5.11 Å². The molecule has 1 atom stereocenters. The number of para-hydroxylation sites is 2. The number of rotatable bonds is 5. The summed E-state index contributed by atoms with van der Waals surface area (Å²) in [5.41, 5.74) is 0.763. The van der Waals surface area contributed by atoms with Gasteiger partial charge in [-0.1, -0.05) is 12.1 Å². The number of nitrogens with zero attached hydrogens (tertiary/aromatic N) is 1. The Bertz CT molecular complexity index is 540. The van der Waals surface area contributed by atoms with Crippen molar-refractivity contribution in [2.75, 3.05) is 6.61 Å². The molecule has 0 aliphatic rings. The molecule has 0 saturated heterocycles. The first-order valence-electron chi connectivity index (χ1n) is 6.24. The molecule has 1 aromatic carbocycles. The van der Waals surface area contributed by atoms with E-state index in [0.717, 1.165) is 5.56 Å². The molecule has 0 unspecified atom stereocenters. The highest BCUT2D eigenvalue weighted by Gasteiger charge is 2.08. The molecule has 2 aromatic rings. The van der Waals surface area contributed by atoms with E-state index in [1.807, 2.05) is 31.2 Å². The molecular formula is C15H17NO3. The minimum Gasteiger partial charge on any atom is -0.490 e. The van der Waals surface area contributed by atoms with Gasteiger partial charge < -0.3 is 14.6 Å². The first-order chi connectivity index (χ1) is 9.20. The van der Waals surface area contributed by atoms with Crippen molar-refractivity contribution < 1.29 is 14.6 Å². The second kappa shape index (κ2) is 6.20. The van der Waals surface area contributed by atoms with Crippen LogP contribution in [0.1, 0.15) is 25.5 Å². The molecule has 0 saturated carbocycles. The number of pyridine rings is 1. The average molecular weight is 259 g/mol. The Hall–Kier alpha value is -2.07. The van der Waals surface area contributed by atoms with Gasteiger partial charge in [0.15, 0.2) is 11.5 Å². The summed E-state index contributed by atoms with van der Waals surface area (Å²) in [6, 6.07) is 10.9. The maximum Gasteiger partial charge on any atom is 0.219 e. The van der Waals surface area contributed by atoms with Gasteiger partial charge in [0.1, 0.15) is 0 Å². The van der Waals surface area contributed by atoms with Gasteiger partial charge in [0.25, 0.3) is 0 Å². The normalized spacial score (nSPS) is 11.9. The predicted molar refractivity (Wildman–Crippen MR) is 72.6 cm³/mol. The van der Waals surface area contributed by atoms with Crippen LogP contribution in [0, 0.1) is 0 Å². The van der Waals surface area contributed by atoms with Crippen molar-refractivity contribution in [3.05, 3.63) is 48.2 Å². The van der Waals surface area contributed by atoms with Gasteiger partial charge >= 0.3 is 0 Å². The summed E-state index contributed by atoms with van der Waals surface area (Å²) in [7, 11) is 0. The molecule has 1 N–H and O–H groups in total. The van der Waals surface area contributed by atoms with Crippen LogP contribution in [0.5, 0.6) is 17.4 Å². The number of aromatic nitrogens is 1. The average Bonchev–Trinajstić information content (AvgIpc) is 2.41. The monoisotopic (exact) mass is 259 g/mol. The number of hydrogen-bond donors (Lipinski definition) is 1. The van der Waals surface area contributed by atoms with Crippen LogP contribution in [-0.2, 0) is 0 Å². The molecular weight excluding hydrogens is 242 g/mol. The molecule has 100 valence electrons. The number of aliphatic hydroxyl groups is 1. The van der Waals surface area contributed by atoms with Crippen molar-refractivity contribution in [3.63, 3.8) is 0 Å². The van der Waals surface area contributed by atoms with Gasteiger partial charge in [0.2, 0.25) is 5.88 Å². The van der Waals surface area contributed by atoms with E-state index >= 15 is 0 Å². The predicted octanol–water partition coefficient (Wildman–Crippen LogP) is 3.33. The summed E-state index contributed by atoms with van der Waals surface area (Å²) in [5, 5.41) is 9.55. The van der Waals surface area contributed by atoms with Crippen LogP contribution in [0.2, 0.25) is 0 Å². The lowest BCUT2D eigenvalue weighted by Crippen LogP contribution is -1.97. The van der Waals surface area contributed by atoms with Gasteiger partial charge in [-0.3, -0.25) is 0 Å². The summed E-state index contributed by atoms with van der Waals surface area (Å²) in [6.45, 7) is 4.19. The van der Waals surface area contributed by atoms with Crippen LogP contribution < -0.4 is 9.47 Å². The Kier molecular flexibility index (Phi) is 4.36. The second-order valence-corrected chi connectivity index (χ2v) is 4.09. The molecule has 0 bridgehead atoms. The highest BCUT2D eigenvalue weighted by atomic mass is 16.5. The van der Waals surface area contributed by atoms with Gasteiger partial charge in [0, 0.05) is 12.3 Å². The molecule has 2 rings (SSSR count). The van der Waals surface area contributed by atoms with E-state index in [0.29, 0.717) is 24.0 Å². The molecule has 1 aromatic heterocycles. The lowest BCUT2D eigenvalue weighted by atomic mass is 10.2. The first-order valence-corrected chi connectivity index (χ1v) is 6.24. The second-order valence-electron chi connectivity index (χ2n) is 4.09. The minimum atomic E-state index is -0.549. The number of benzene rings is 1. The molecule has 0 radical (unpaired) electrons. The molecule has 4 heteroatoms. The zero-order valence-corrected chi connectivity index (χ0v) is 11.0. The van der Waals surface area contributed by atoms with Gasteiger partial charge in [-0.05, 0) is 37.6 Å². The van der Waals surface area contributed by atoms with Gasteiger partial charge in [-0.2, -0.15) is 0 Å². The molecule has 0 aliphatic carbocycles. The SMILES string of the molecule is CCOc1ccccc1Oc1cc([C@H](C)O)ccn1. The molecule has 4 nitrogen and oxygen atoms in total. The van der Waals surface area contributed by atoms with Crippen LogP contribution in [0.4, 0.5) is 0 Å². The zero-order chi connectivity index (χ0) is 13.7. The van der Waals surface area contributed by atoms with E-state index in [2.05, 4.69) is 4.98 Å². The lowest BCUT2D eigenvalue weighted by Gasteiger charge is -2.11. The number of hydrogen-bond acceptors (Lipinski definition) is 4. The number of ether oxygens (including phenoxy) is 2. The summed E-state index contributed by atoms with van der Waals surface area (Å²) in [6.07, 6.45) is 1.06. The Morgan fingerprint density at radius 3 is 2.63 bits per heavy atom. The van der Waals surface area contributed by atoms with Crippen molar-refractivity contribution >= 4 is 0 Å². The zero-order valence-electron chi connectivity index (χ0n) is 11.0. The van der Waals surface area contributed by atoms with Crippen molar-refractivity contribution in [1.29, 1.82) is 0 Å². The fourth-order valence-corrected chi connectivity index (χ4v) is 1.66. The molecule has 1 heterocycles. The molecule has 0 spiro atoms. The van der Waals surface area contributed by atoms with Crippen LogP contribution in [0.3, 0.4) is 0 Å². The van der Waals surface area contributed by atoms with Crippen LogP contribution in [-0.4, -0.2) is 16.7 Å². The maximum atomic E-state index is 9.55. The van der Waals surface area contributed by atoms with Crippen molar-refractivity contribution in [1.82, 2.24) is 4.98 Å². The van der Waals surface area contributed by atoms with Crippen LogP contribution >= 0.6 is 0 Å². The van der Waals surface area contributed by atoms with E-state index in [1.165, 1.54) is 0 Å². The molecule has 19 heavy (non-hydrogen) atoms. The summed E-state index contributed by atoms with van der Waals surface area (Å²) >= 11 is 0. The van der Waals surface area contributed by atoms with Crippen molar-refractivity contribution in [2.24, 2.45) is 0 Å². The van der Waals surface area contributed by atoms with E-state index in [1.54, 1.807) is 25.3 Å². The fourth-order valence-electron chi connectivity index (χ4n) is 1.66. The first kappa shape index (κ1) is 13.4. The van der Waals surface area contributed by atoms with Gasteiger partial charge in [0.05, 0.1) is 12.7 Å². The molecule has 0 aliphatic heterocycles. The van der Waals surface area contributed by atoms with Crippen molar-refractivity contribution in [3.8, 4) is 17.4 Å². The molecule has 0 fully saturated rings. The Balaban J connectivity index is 2.23. The smallest absolute Gasteiger partial charge is 0.219 e. The Labute approximate surface area is 112 Å². The van der Waals surface area contributed by atoms with E-state index in [4.69, 9.17) is 9.47 Å². The highest BCUT2D eigenvalue weighted by Crippen LogP contribution is 2.31.